The van der Waals surface area contributed by atoms with Gasteiger partial charge in [0.15, 0.2) is 0 Å². The smallest absolute Gasteiger partial charge is 0.408 e. The van der Waals surface area contributed by atoms with E-state index in [1.54, 1.807) is 37.4 Å². The first-order valence-corrected chi connectivity index (χ1v) is 15.1. The highest BCUT2D eigenvalue weighted by atomic mass is 32.2. The molecule has 0 heterocycles. The maximum atomic E-state index is 14.2. The molecule has 3 atom stereocenters. The monoisotopic (exact) mass is 533 g/mol. The van der Waals surface area contributed by atoms with E-state index in [9.17, 15) is 14.4 Å². The molecule has 1 saturated carbocycles. The second kappa shape index (κ2) is 14.6. The summed E-state index contributed by atoms with van der Waals surface area (Å²) >= 11 is 1.61. The van der Waals surface area contributed by atoms with Gasteiger partial charge in [-0.3, -0.25) is 9.59 Å². The third-order valence-corrected chi connectivity index (χ3v) is 7.31. The fourth-order valence-corrected chi connectivity index (χ4v) is 4.98. The van der Waals surface area contributed by atoms with E-state index in [-0.39, 0.29) is 23.9 Å². The van der Waals surface area contributed by atoms with Gasteiger partial charge in [-0.15, -0.1) is 0 Å². The molecule has 2 rings (SSSR count). The summed E-state index contributed by atoms with van der Waals surface area (Å²) in [7, 11) is 0. The van der Waals surface area contributed by atoms with Crippen LogP contribution in [-0.4, -0.2) is 58.5 Å². The van der Waals surface area contributed by atoms with Crippen LogP contribution in [0.15, 0.2) is 24.3 Å². The predicted octanol–water partition coefficient (Wildman–Crippen LogP) is 5.62. The summed E-state index contributed by atoms with van der Waals surface area (Å²) in [5.41, 5.74) is 1.29. The second-order valence-electron chi connectivity index (χ2n) is 11.0. The summed E-state index contributed by atoms with van der Waals surface area (Å²) in [6, 6.07) is 6.39. The average molecular weight is 534 g/mol. The van der Waals surface area contributed by atoms with Gasteiger partial charge in [-0.2, -0.15) is 11.8 Å². The van der Waals surface area contributed by atoms with Crippen LogP contribution in [0.25, 0.3) is 0 Å². The van der Waals surface area contributed by atoms with Gasteiger partial charge in [0, 0.05) is 12.1 Å². The van der Waals surface area contributed by atoms with Crippen LogP contribution in [0.3, 0.4) is 0 Å². The molecule has 7 nitrogen and oxygen atoms in total. The standard InChI is InChI=1S/C29H47N3O4S/c1-8-11-20(3)30-26(33)25(22-16-14-21(9-2)15-17-22)32(23-12-10-13-23)27(34)24(18-19-37-7)31-28(35)36-29(4,5)6/h14-17,20,23-25H,8-13,18-19H2,1-7H3,(H,30,33)(H,31,35). The number of nitrogens with zero attached hydrogens (tertiary/aromatic N) is 1. The van der Waals surface area contributed by atoms with Crippen molar-refractivity contribution in [3.05, 3.63) is 35.4 Å². The van der Waals surface area contributed by atoms with Crippen LogP contribution in [0, 0.1) is 0 Å². The first-order chi connectivity index (χ1) is 17.5. The van der Waals surface area contributed by atoms with E-state index >= 15 is 0 Å². The van der Waals surface area contributed by atoms with Gasteiger partial charge in [-0.05, 0) is 89.4 Å². The van der Waals surface area contributed by atoms with Gasteiger partial charge in [0.25, 0.3) is 0 Å². The van der Waals surface area contributed by atoms with Crippen molar-refractivity contribution in [1.82, 2.24) is 15.5 Å². The van der Waals surface area contributed by atoms with Crippen LogP contribution < -0.4 is 10.6 Å². The first-order valence-electron chi connectivity index (χ1n) is 13.7. The Kier molecular flexibility index (Phi) is 12.3. The molecular weight excluding hydrogens is 486 g/mol. The number of ether oxygens (including phenoxy) is 1. The number of carbonyl (C=O) groups is 3. The van der Waals surface area contributed by atoms with Crippen molar-refractivity contribution in [2.75, 3.05) is 12.0 Å². The SMILES string of the molecule is CCCC(C)NC(=O)C(c1ccc(CC)cc1)N(C(=O)C(CCSC)NC(=O)OC(C)(C)C)C1CCC1. The zero-order chi connectivity index (χ0) is 27.6. The summed E-state index contributed by atoms with van der Waals surface area (Å²) < 4.78 is 5.47. The van der Waals surface area contributed by atoms with Gasteiger partial charge in [-0.1, -0.05) is 44.5 Å². The minimum Gasteiger partial charge on any atom is -0.444 e. The molecule has 0 aliphatic heterocycles. The number of aryl methyl sites for hydroxylation is 1. The molecule has 3 unspecified atom stereocenters. The minimum absolute atomic E-state index is 0.000402. The van der Waals surface area contributed by atoms with Crippen molar-refractivity contribution < 1.29 is 19.1 Å². The molecule has 1 aliphatic carbocycles. The lowest BCUT2D eigenvalue weighted by Crippen LogP contribution is -2.58. The lowest BCUT2D eigenvalue weighted by atomic mass is 9.87. The van der Waals surface area contributed by atoms with Crippen LogP contribution in [-0.2, 0) is 20.7 Å². The van der Waals surface area contributed by atoms with Gasteiger partial charge in [0.2, 0.25) is 11.8 Å². The number of amides is 3. The molecule has 0 saturated heterocycles. The summed E-state index contributed by atoms with van der Waals surface area (Å²) in [5, 5.41) is 5.97. The Labute approximate surface area is 227 Å². The third kappa shape index (κ3) is 9.55. The van der Waals surface area contributed by atoms with Crippen LogP contribution in [0.5, 0.6) is 0 Å². The van der Waals surface area contributed by atoms with E-state index < -0.39 is 23.8 Å². The lowest BCUT2D eigenvalue weighted by Gasteiger charge is -2.44. The third-order valence-electron chi connectivity index (χ3n) is 6.66. The summed E-state index contributed by atoms with van der Waals surface area (Å²) in [4.78, 5) is 42.4. The van der Waals surface area contributed by atoms with Gasteiger partial charge in [0.05, 0.1) is 0 Å². The summed E-state index contributed by atoms with van der Waals surface area (Å²) in [6.45, 7) is 11.6. The van der Waals surface area contributed by atoms with Crippen LogP contribution in [0.1, 0.15) is 97.2 Å². The minimum atomic E-state index is -0.777. The fraction of sp³-hybridized carbons (Fsp3) is 0.690. The number of nitrogens with one attached hydrogen (secondary N) is 2. The molecule has 1 fully saturated rings. The number of benzene rings is 1. The Hall–Kier alpha value is -2.22. The quantitative estimate of drug-likeness (QED) is 0.343. The predicted molar refractivity (Wildman–Crippen MR) is 152 cm³/mol. The number of alkyl carbamates (subject to hydrolysis) is 1. The van der Waals surface area contributed by atoms with Crippen molar-refractivity contribution in [3.8, 4) is 0 Å². The van der Waals surface area contributed by atoms with Crippen LogP contribution >= 0.6 is 11.8 Å². The maximum absolute atomic E-state index is 14.2. The molecular formula is C29H47N3O4S. The molecule has 37 heavy (non-hydrogen) atoms. The van der Waals surface area contributed by atoms with Gasteiger partial charge >= 0.3 is 6.09 Å². The number of thioether (sulfide) groups is 1. The second-order valence-corrected chi connectivity index (χ2v) is 12.0. The van der Waals surface area contributed by atoms with E-state index in [0.29, 0.717) is 12.2 Å². The number of hydrogen-bond donors (Lipinski definition) is 2. The molecule has 0 aromatic heterocycles. The molecule has 208 valence electrons. The Morgan fingerprint density at radius 1 is 1.08 bits per heavy atom. The molecule has 3 amide bonds. The van der Waals surface area contributed by atoms with Crippen LogP contribution in [0.2, 0.25) is 0 Å². The molecule has 1 aromatic rings. The van der Waals surface area contributed by atoms with E-state index in [1.807, 2.05) is 37.4 Å². The zero-order valence-corrected chi connectivity index (χ0v) is 24.6. The average Bonchev–Trinajstić information content (AvgIpc) is 2.79. The topological polar surface area (TPSA) is 87.7 Å². The van der Waals surface area contributed by atoms with E-state index in [0.717, 1.165) is 44.1 Å². The van der Waals surface area contributed by atoms with Crippen molar-refractivity contribution in [3.63, 3.8) is 0 Å². The molecule has 0 radical (unpaired) electrons. The number of carbonyl (C=O) groups excluding carboxylic acids is 3. The van der Waals surface area contributed by atoms with Crippen molar-refractivity contribution in [2.45, 2.75) is 116 Å². The summed E-state index contributed by atoms with van der Waals surface area (Å²) in [6.07, 6.45) is 7.22. The molecule has 8 heteroatoms. The normalized spacial score (nSPS) is 16.2. The Morgan fingerprint density at radius 2 is 1.73 bits per heavy atom. The van der Waals surface area contributed by atoms with Gasteiger partial charge in [-0.25, -0.2) is 4.79 Å². The van der Waals surface area contributed by atoms with Crippen LogP contribution in [0.4, 0.5) is 4.79 Å². The van der Waals surface area contributed by atoms with Gasteiger partial charge in [0.1, 0.15) is 17.7 Å². The van der Waals surface area contributed by atoms with E-state index in [2.05, 4.69) is 24.5 Å². The molecule has 0 bridgehead atoms. The molecule has 0 spiro atoms. The molecule has 1 aliphatic rings. The Morgan fingerprint density at radius 3 is 2.22 bits per heavy atom. The maximum Gasteiger partial charge on any atom is 0.408 e. The Balaban J connectivity index is 2.46. The lowest BCUT2D eigenvalue weighted by molar-refractivity contribution is -0.147. The highest BCUT2D eigenvalue weighted by Crippen LogP contribution is 2.34. The van der Waals surface area contributed by atoms with Crippen molar-refractivity contribution in [2.24, 2.45) is 0 Å². The fourth-order valence-electron chi connectivity index (χ4n) is 4.51. The molecule has 2 N–H and O–H groups in total. The Bertz CT molecular complexity index is 880. The van der Waals surface area contributed by atoms with Crippen molar-refractivity contribution in [1.29, 1.82) is 0 Å². The first kappa shape index (κ1) is 31.0. The van der Waals surface area contributed by atoms with Crippen molar-refractivity contribution >= 4 is 29.7 Å². The summed E-state index contributed by atoms with van der Waals surface area (Å²) in [5.74, 6) is 0.291. The largest absolute Gasteiger partial charge is 0.444 e. The zero-order valence-electron chi connectivity index (χ0n) is 23.8. The van der Waals surface area contributed by atoms with E-state index in [1.165, 1.54) is 5.56 Å². The van der Waals surface area contributed by atoms with Gasteiger partial charge < -0.3 is 20.3 Å². The number of rotatable bonds is 13. The highest BCUT2D eigenvalue weighted by Gasteiger charge is 2.42. The highest BCUT2D eigenvalue weighted by molar-refractivity contribution is 7.98. The molecule has 1 aromatic carbocycles. The van der Waals surface area contributed by atoms with E-state index in [4.69, 9.17) is 4.74 Å². The number of hydrogen-bond acceptors (Lipinski definition) is 5.